The summed E-state index contributed by atoms with van der Waals surface area (Å²) in [6, 6.07) is 13.1. The van der Waals surface area contributed by atoms with E-state index >= 15 is 0 Å². The molecule has 2 N–H and O–H groups in total. The Hall–Kier alpha value is -3.26. The van der Waals surface area contributed by atoms with Gasteiger partial charge in [0, 0.05) is 23.9 Å². The highest BCUT2D eigenvalue weighted by molar-refractivity contribution is 7.80. The fourth-order valence-electron chi connectivity index (χ4n) is 2.13. The van der Waals surface area contributed by atoms with Gasteiger partial charge < -0.3 is 10.1 Å². The number of non-ortho nitro benzene ring substituents is 1. The molecule has 2 aromatic carbocycles. The summed E-state index contributed by atoms with van der Waals surface area (Å²) in [5.41, 5.74) is 1.38. The van der Waals surface area contributed by atoms with E-state index in [9.17, 15) is 14.9 Å². The summed E-state index contributed by atoms with van der Waals surface area (Å²) >= 11 is 5.13. The molecule has 0 fully saturated rings. The first kappa shape index (κ1) is 21.0. The monoisotopic (exact) mass is 399 g/mol. The van der Waals surface area contributed by atoms with Crippen molar-refractivity contribution in [2.45, 2.75) is 26.4 Å². The molecule has 1 amide bonds. The Labute approximate surface area is 168 Å². The summed E-state index contributed by atoms with van der Waals surface area (Å²) < 4.78 is 5.71. The van der Waals surface area contributed by atoms with Gasteiger partial charge in [0.15, 0.2) is 5.11 Å². The number of rotatable bonds is 7. The summed E-state index contributed by atoms with van der Waals surface area (Å²) in [5, 5.41) is 16.2. The normalized spacial score (nSPS) is 11.6. The largest absolute Gasteiger partial charge is 0.491 e. The van der Waals surface area contributed by atoms with Gasteiger partial charge in [0.05, 0.1) is 11.0 Å². The lowest BCUT2D eigenvalue weighted by atomic mass is 10.2. The average Bonchev–Trinajstić information content (AvgIpc) is 2.68. The van der Waals surface area contributed by atoms with E-state index in [-0.39, 0.29) is 16.9 Å². The molecule has 0 bridgehead atoms. The quantitative estimate of drug-likeness (QED) is 0.312. The highest BCUT2D eigenvalue weighted by Gasteiger charge is 2.05. The Bertz CT molecular complexity index is 864. The van der Waals surface area contributed by atoms with Crippen LogP contribution < -0.4 is 15.4 Å². The molecular weight excluding hydrogens is 378 g/mol. The number of hydrogen-bond donors (Lipinski definition) is 2. The summed E-state index contributed by atoms with van der Waals surface area (Å²) in [6.07, 6.45) is 3.91. The standard InChI is InChI=1S/C20H21N3O4S/c1-3-14(2)27-18-11-7-16(8-12-18)21-20(28)22-19(24)13-6-15-4-9-17(10-5-15)23(25)26/h4-14H,3H2,1-2H3,(H2,21,22,24,28)/b13-6+. The van der Waals surface area contributed by atoms with Crippen LogP contribution in [0.1, 0.15) is 25.8 Å². The number of hydrogen-bond acceptors (Lipinski definition) is 5. The number of thiocarbonyl (C=S) groups is 1. The molecule has 0 aliphatic heterocycles. The van der Waals surface area contributed by atoms with Crippen molar-refractivity contribution in [3.63, 3.8) is 0 Å². The lowest BCUT2D eigenvalue weighted by molar-refractivity contribution is -0.384. The minimum atomic E-state index is -0.479. The van der Waals surface area contributed by atoms with Crippen molar-refractivity contribution in [1.82, 2.24) is 5.32 Å². The fourth-order valence-corrected chi connectivity index (χ4v) is 2.35. The van der Waals surface area contributed by atoms with Crippen molar-refractivity contribution in [3.8, 4) is 5.75 Å². The van der Waals surface area contributed by atoms with Crippen LogP contribution in [0.2, 0.25) is 0 Å². The van der Waals surface area contributed by atoms with Gasteiger partial charge in [-0.05, 0) is 73.6 Å². The molecule has 28 heavy (non-hydrogen) atoms. The van der Waals surface area contributed by atoms with Gasteiger partial charge in [-0.3, -0.25) is 20.2 Å². The van der Waals surface area contributed by atoms with Crippen LogP contribution in [0.5, 0.6) is 5.75 Å². The minimum absolute atomic E-state index is 0.00690. The van der Waals surface area contributed by atoms with Crippen LogP contribution in [-0.4, -0.2) is 22.0 Å². The maximum atomic E-state index is 11.9. The third kappa shape index (κ3) is 6.81. The van der Waals surface area contributed by atoms with Crippen LogP contribution in [0.4, 0.5) is 11.4 Å². The molecule has 1 atom stereocenters. The van der Waals surface area contributed by atoms with Gasteiger partial charge in [-0.25, -0.2) is 0 Å². The highest BCUT2D eigenvalue weighted by Crippen LogP contribution is 2.17. The first-order chi connectivity index (χ1) is 13.4. The molecule has 146 valence electrons. The molecule has 7 nitrogen and oxygen atoms in total. The summed E-state index contributed by atoms with van der Waals surface area (Å²) in [5.74, 6) is 0.355. The molecule has 0 saturated carbocycles. The second kappa shape index (κ2) is 10.2. The predicted octanol–water partition coefficient (Wildman–Crippen LogP) is 4.30. The maximum Gasteiger partial charge on any atom is 0.269 e. The zero-order valence-corrected chi connectivity index (χ0v) is 16.4. The predicted molar refractivity (Wildman–Crippen MR) is 113 cm³/mol. The number of ether oxygens (including phenoxy) is 1. The van der Waals surface area contributed by atoms with Gasteiger partial charge in [-0.2, -0.15) is 0 Å². The molecule has 0 spiro atoms. The molecule has 1 unspecified atom stereocenters. The van der Waals surface area contributed by atoms with E-state index in [1.807, 2.05) is 31.2 Å². The van der Waals surface area contributed by atoms with Crippen molar-refractivity contribution in [2.75, 3.05) is 5.32 Å². The fraction of sp³-hybridized carbons (Fsp3) is 0.200. The first-order valence-electron chi connectivity index (χ1n) is 8.68. The SMILES string of the molecule is CCC(C)Oc1ccc(NC(=S)NC(=O)/C=C/c2ccc([N+](=O)[O-])cc2)cc1. The second-order valence-electron chi connectivity index (χ2n) is 5.99. The number of benzene rings is 2. The molecule has 0 heterocycles. The van der Waals surface area contributed by atoms with E-state index in [4.69, 9.17) is 17.0 Å². The molecule has 2 aromatic rings. The molecule has 0 aromatic heterocycles. The van der Waals surface area contributed by atoms with E-state index in [1.54, 1.807) is 18.2 Å². The van der Waals surface area contributed by atoms with Gasteiger partial charge in [0.1, 0.15) is 5.75 Å². The number of nitro benzene ring substituents is 1. The highest BCUT2D eigenvalue weighted by atomic mass is 32.1. The van der Waals surface area contributed by atoms with Crippen molar-refractivity contribution in [3.05, 3.63) is 70.3 Å². The Morgan fingerprint density at radius 1 is 1.21 bits per heavy atom. The van der Waals surface area contributed by atoms with E-state index in [1.165, 1.54) is 18.2 Å². The molecule has 0 aliphatic rings. The second-order valence-corrected chi connectivity index (χ2v) is 6.39. The summed E-state index contributed by atoms with van der Waals surface area (Å²) in [6.45, 7) is 4.05. The Morgan fingerprint density at radius 3 is 2.43 bits per heavy atom. The van der Waals surface area contributed by atoms with Crippen LogP contribution in [-0.2, 0) is 4.79 Å². The number of anilines is 1. The van der Waals surface area contributed by atoms with E-state index in [0.717, 1.165) is 17.9 Å². The third-order valence-electron chi connectivity index (χ3n) is 3.79. The lowest BCUT2D eigenvalue weighted by Gasteiger charge is -2.13. The van der Waals surface area contributed by atoms with Gasteiger partial charge in [-0.1, -0.05) is 6.92 Å². The van der Waals surface area contributed by atoms with E-state index in [0.29, 0.717) is 5.56 Å². The molecule has 0 radical (unpaired) electrons. The van der Waals surface area contributed by atoms with Crippen molar-refractivity contribution >= 4 is 40.7 Å². The summed E-state index contributed by atoms with van der Waals surface area (Å²) in [4.78, 5) is 22.1. The molecule has 2 rings (SSSR count). The van der Waals surface area contributed by atoms with Crippen LogP contribution in [0, 0.1) is 10.1 Å². The van der Waals surface area contributed by atoms with Crippen LogP contribution in [0.3, 0.4) is 0 Å². The van der Waals surface area contributed by atoms with Gasteiger partial charge in [0.25, 0.3) is 5.69 Å². The van der Waals surface area contributed by atoms with Crippen molar-refractivity contribution < 1.29 is 14.5 Å². The van der Waals surface area contributed by atoms with E-state index < -0.39 is 10.8 Å². The lowest BCUT2D eigenvalue weighted by Crippen LogP contribution is -2.32. The zero-order valence-electron chi connectivity index (χ0n) is 15.5. The zero-order chi connectivity index (χ0) is 20.5. The van der Waals surface area contributed by atoms with E-state index in [2.05, 4.69) is 17.6 Å². The summed E-state index contributed by atoms with van der Waals surface area (Å²) in [7, 11) is 0. The number of carbonyl (C=O) groups is 1. The third-order valence-corrected chi connectivity index (χ3v) is 4.00. The van der Waals surface area contributed by atoms with Crippen LogP contribution in [0.15, 0.2) is 54.6 Å². The topological polar surface area (TPSA) is 93.5 Å². The van der Waals surface area contributed by atoms with Crippen LogP contribution >= 0.6 is 12.2 Å². The Balaban J connectivity index is 1.84. The van der Waals surface area contributed by atoms with Gasteiger partial charge in [-0.15, -0.1) is 0 Å². The number of nitrogens with one attached hydrogen (secondary N) is 2. The maximum absolute atomic E-state index is 11.9. The molecule has 8 heteroatoms. The first-order valence-corrected chi connectivity index (χ1v) is 9.09. The van der Waals surface area contributed by atoms with Gasteiger partial charge >= 0.3 is 0 Å². The average molecular weight is 399 g/mol. The number of carbonyl (C=O) groups excluding carboxylic acids is 1. The van der Waals surface area contributed by atoms with Crippen molar-refractivity contribution in [1.29, 1.82) is 0 Å². The van der Waals surface area contributed by atoms with Crippen LogP contribution in [0.25, 0.3) is 6.08 Å². The molecular formula is C20H21N3O4S. The minimum Gasteiger partial charge on any atom is -0.491 e. The van der Waals surface area contributed by atoms with Crippen molar-refractivity contribution in [2.24, 2.45) is 0 Å². The Kier molecular flexibility index (Phi) is 7.65. The molecule has 0 aliphatic carbocycles. The number of nitrogens with zero attached hydrogens (tertiary/aromatic N) is 1. The Morgan fingerprint density at radius 2 is 1.86 bits per heavy atom. The number of amides is 1. The molecule has 0 saturated heterocycles. The van der Waals surface area contributed by atoms with Gasteiger partial charge in [0.2, 0.25) is 5.91 Å². The smallest absolute Gasteiger partial charge is 0.269 e. The number of nitro groups is 1.